The molecule has 27 heteroatoms. The molecule has 19 N–H and O–H groups in total. The van der Waals surface area contributed by atoms with Gasteiger partial charge in [0.05, 0.1) is 56.7 Å². The second kappa shape index (κ2) is 37.0. The Morgan fingerprint density at radius 2 is 0.659 bits per heavy atom. The molecule has 27 nitrogen and oxygen atoms in total. The lowest BCUT2D eigenvalue weighted by molar-refractivity contribution is -0.140. The van der Waals surface area contributed by atoms with Crippen LogP contribution < -0.4 is 90.2 Å². The van der Waals surface area contributed by atoms with Gasteiger partial charge in [0.2, 0.25) is 23.6 Å². The maximum atomic E-state index is 14.3. The molecule has 0 saturated heterocycles. The second-order valence-corrected chi connectivity index (χ2v) is 21.0. The number of amides is 8. The Balaban J connectivity index is 1.56. The van der Waals surface area contributed by atoms with Gasteiger partial charge in [-0.2, -0.15) is 0 Å². The molecule has 0 heterocycles. The van der Waals surface area contributed by atoms with Gasteiger partial charge in [-0.3, -0.25) is 38.4 Å². The van der Waals surface area contributed by atoms with Gasteiger partial charge < -0.3 is 95.3 Å². The number of carboxylic acids is 1. The molecule has 0 bridgehead atoms. The highest BCUT2D eigenvalue weighted by Crippen LogP contribution is 2.28. The van der Waals surface area contributed by atoms with E-state index < -0.39 is 89.4 Å². The van der Waals surface area contributed by atoms with Crippen LogP contribution in [-0.2, 0) is 24.0 Å². The number of ether oxygens (including phenoxy) is 4. The minimum atomic E-state index is -1.23. The summed E-state index contributed by atoms with van der Waals surface area (Å²) in [6, 6.07) is 11.7. The monoisotopic (exact) mass is 1230 g/mol. The SMILES string of the molecule is COc1ccc(NC(=O)C(N)CCCCN)cc1C(=O)NC(CCCCN)C(=O)Nc1ccc(OC)c(C(=O)NC(CCCCN)C(=O)Nc2ccc(OC)c(C(=O)NC(CCCCN)C(=O)Nc3ccc(OC)c(C(=O)NC(C(=O)O)C(C)C)c3)c2)c1. The van der Waals surface area contributed by atoms with Gasteiger partial charge in [0, 0.05) is 22.7 Å². The minimum absolute atomic E-state index is 0.0239. The lowest BCUT2D eigenvalue weighted by atomic mass is 10.0. The van der Waals surface area contributed by atoms with E-state index in [1.54, 1.807) is 19.9 Å². The molecule has 8 amide bonds. The number of carbonyl (C=O) groups is 9. The highest BCUT2D eigenvalue weighted by Gasteiger charge is 2.30. The average Bonchev–Trinajstić information content (AvgIpc) is 2.08. The van der Waals surface area contributed by atoms with Crippen LogP contribution in [0.15, 0.2) is 72.8 Å². The van der Waals surface area contributed by atoms with Crippen LogP contribution in [0.1, 0.15) is 132 Å². The maximum Gasteiger partial charge on any atom is 0.326 e. The Bertz CT molecular complexity index is 3040. The van der Waals surface area contributed by atoms with Crippen molar-refractivity contribution in [3.05, 3.63) is 95.1 Å². The molecule has 0 aromatic heterocycles. The van der Waals surface area contributed by atoms with Crippen molar-refractivity contribution in [3.8, 4) is 23.0 Å². The van der Waals surface area contributed by atoms with Crippen molar-refractivity contribution >= 4 is 76.0 Å². The third-order valence-corrected chi connectivity index (χ3v) is 14.1. The number of hydrogen-bond donors (Lipinski definition) is 14. The highest BCUT2D eigenvalue weighted by molar-refractivity contribution is 6.08. The summed E-state index contributed by atoms with van der Waals surface area (Å²) < 4.78 is 21.9. The fourth-order valence-electron chi connectivity index (χ4n) is 9.14. The van der Waals surface area contributed by atoms with Gasteiger partial charge in [-0.25, -0.2) is 4.79 Å². The summed E-state index contributed by atoms with van der Waals surface area (Å²) in [5, 5.41) is 31.5. The predicted molar refractivity (Wildman–Crippen MR) is 334 cm³/mol. The highest BCUT2D eigenvalue weighted by atomic mass is 16.5. The number of nitrogens with two attached hydrogens (primary N) is 5. The van der Waals surface area contributed by atoms with E-state index in [0.717, 1.165) is 0 Å². The van der Waals surface area contributed by atoms with E-state index in [1.165, 1.54) is 95.2 Å². The molecule has 4 rings (SSSR count). The Hall–Kier alpha value is -8.89. The quantitative estimate of drug-likeness (QED) is 0.0285. The lowest BCUT2D eigenvalue weighted by Gasteiger charge is -2.22. The smallest absolute Gasteiger partial charge is 0.326 e. The summed E-state index contributed by atoms with van der Waals surface area (Å²) in [4.78, 5) is 123. The number of hydrogen-bond acceptors (Lipinski definition) is 18. The zero-order chi connectivity index (χ0) is 64.9. The van der Waals surface area contributed by atoms with E-state index in [-0.39, 0.29) is 87.3 Å². The molecule has 5 atom stereocenters. The van der Waals surface area contributed by atoms with Crippen LogP contribution in [0, 0.1) is 5.92 Å². The van der Waals surface area contributed by atoms with Crippen molar-refractivity contribution in [2.45, 2.75) is 121 Å². The van der Waals surface area contributed by atoms with Gasteiger partial charge >= 0.3 is 5.97 Å². The summed E-state index contributed by atoms with van der Waals surface area (Å²) >= 11 is 0. The zero-order valence-corrected chi connectivity index (χ0v) is 50.8. The van der Waals surface area contributed by atoms with E-state index in [1.807, 2.05) is 0 Å². The Labute approximate surface area is 512 Å². The van der Waals surface area contributed by atoms with Crippen molar-refractivity contribution in [3.63, 3.8) is 0 Å². The lowest BCUT2D eigenvalue weighted by Crippen LogP contribution is -2.45. The molecule has 0 saturated carbocycles. The average molecular weight is 1230 g/mol. The molecule has 4 aromatic carbocycles. The number of carboxylic acid groups (broad SMARTS) is 1. The Morgan fingerprint density at radius 1 is 0.398 bits per heavy atom. The molecule has 0 aliphatic carbocycles. The molecule has 0 radical (unpaired) electrons. The van der Waals surface area contributed by atoms with Crippen molar-refractivity contribution < 1.29 is 67.2 Å². The first-order chi connectivity index (χ1) is 42.2. The topological polar surface area (TPSA) is 437 Å². The standard InChI is InChI=1S/C61H87N13O14/c1-35(2)52(61(83)84)74-56(78)43-34-39(22-26-51(43)88-6)70-60(82)47(18-10-14-30-65)73-55(77)42-33-38(21-25-50(42)87-5)69-59(81)46(17-9-13-29-64)72-54(76)41-32-37(20-24-49(41)86-4)68-58(80)45(16-8-12-28-63)71-53(75)40-31-36(19-23-48(40)85-3)67-57(79)44(66)15-7-11-27-62/h19-26,31-35,44-47,52H,7-18,27-30,62-66H2,1-6H3,(H,67,79)(H,68,80)(H,69,81)(H,70,82)(H,71,75)(H,72,76)(H,73,77)(H,74,78)(H,83,84). The van der Waals surface area contributed by atoms with E-state index >= 15 is 0 Å². The van der Waals surface area contributed by atoms with E-state index in [0.29, 0.717) is 84.0 Å². The van der Waals surface area contributed by atoms with Crippen LogP contribution in [0.25, 0.3) is 0 Å². The number of anilines is 4. The number of nitrogens with one attached hydrogen (secondary N) is 8. The third-order valence-electron chi connectivity index (χ3n) is 14.1. The second-order valence-electron chi connectivity index (χ2n) is 21.0. The van der Waals surface area contributed by atoms with Crippen LogP contribution in [0.3, 0.4) is 0 Å². The van der Waals surface area contributed by atoms with Crippen LogP contribution in [0.5, 0.6) is 23.0 Å². The number of methoxy groups -OCH3 is 4. The fraction of sp³-hybridized carbons (Fsp3) is 0.459. The van der Waals surface area contributed by atoms with E-state index in [2.05, 4.69) is 42.5 Å². The molecule has 0 fully saturated rings. The van der Waals surface area contributed by atoms with Gasteiger partial charge in [0.25, 0.3) is 23.6 Å². The summed E-state index contributed by atoms with van der Waals surface area (Å²) in [5.41, 5.74) is 29.5. The first-order valence-electron chi connectivity index (χ1n) is 29.1. The number of rotatable bonds is 38. The zero-order valence-electron chi connectivity index (χ0n) is 50.8. The van der Waals surface area contributed by atoms with Gasteiger partial charge in [-0.1, -0.05) is 20.3 Å². The number of unbranched alkanes of at least 4 members (excludes halogenated alkanes) is 4. The van der Waals surface area contributed by atoms with Crippen molar-refractivity contribution in [1.82, 2.24) is 21.3 Å². The first-order valence-corrected chi connectivity index (χ1v) is 29.1. The summed E-state index contributed by atoms with van der Waals surface area (Å²) in [6.07, 6.45) is 5.02. The molecule has 0 aliphatic rings. The maximum absolute atomic E-state index is 14.3. The van der Waals surface area contributed by atoms with Crippen LogP contribution in [0.4, 0.5) is 22.7 Å². The van der Waals surface area contributed by atoms with Crippen LogP contribution in [0.2, 0.25) is 0 Å². The van der Waals surface area contributed by atoms with Gasteiger partial charge in [-0.05, 0) is 176 Å². The number of benzene rings is 4. The van der Waals surface area contributed by atoms with Crippen LogP contribution in [-0.4, -0.2) is 143 Å². The molecule has 480 valence electrons. The van der Waals surface area contributed by atoms with Crippen LogP contribution >= 0.6 is 0 Å². The van der Waals surface area contributed by atoms with Gasteiger partial charge in [-0.15, -0.1) is 0 Å². The molecular weight excluding hydrogens is 1140 g/mol. The molecule has 0 spiro atoms. The van der Waals surface area contributed by atoms with Crippen molar-refractivity contribution in [1.29, 1.82) is 0 Å². The van der Waals surface area contributed by atoms with E-state index in [4.69, 9.17) is 47.6 Å². The normalized spacial score (nSPS) is 12.6. The largest absolute Gasteiger partial charge is 0.496 e. The molecule has 88 heavy (non-hydrogen) atoms. The van der Waals surface area contributed by atoms with Crippen molar-refractivity contribution in [2.24, 2.45) is 34.6 Å². The number of aliphatic carboxylic acids is 1. The Morgan fingerprint density at radius 3 is 0.909 bits per heavy atom. The Kier molecular flexibility index (Phi) is 30.1. The summed E-state index contributed by atoms with van der Waals surface area (Å²) in [7, 11) is 5.37. The predicted octanol–water partition coefficient (Wildman–Crippen LogP) is 3.55. The number of carbonyl (C=O) groups excluding carboxylic acids is 8. The van der Waals surface area contributed by atoms with Crippen molar-refractivity contribution in [2.75, 3.05) is 75.9 Å². The van der Waals surface area contributed by atoms with Gasteiger partial charge in [0.1, 0.15) is 47.2 Å². The molecule has 5 unspecified atom stereocenters. The molecule has 0 aliphatic heterocycles. The summed E-state index contributed by atoms with van der Waals surface area (Å²) in [6.45, 7) is 4.67. The molecule has 4 aromatic rings. The first kappa shape index (κ1) is 71.6. The van der Waals surface area contributed by atoms with E-state index in [9.17, 15) is 48.3 Å². The minimum Gasteiger partial charge on any atom is -0.496 e. The van der Waals surface area contributed by atoms with Gasteiger partial charge in [0.15, 0.2) is 0 Å². The third kappa shape index (κ3) is 21.8. The fourth-order valence-corrected chi connectivity index (χ4v) is 9.14. The molecular formula is C61H87N13O14. The summed E-state index contributed by atoms with van der Waals surface area (Å²) in [5.74, 6) is -6.63.